The molecule has 3 aromatic carbocycles. The van der Waals surface area contributed by atoms with Crippen molar-refractivity contribution < 1.29 is 109 Å². The zero-order valence-corrected chi connectivity index (χ0v) is 29.4. The maximum atomic E-state index is 15.0. The molecule has 20 heteroatoms. The Labute approximate surface area is 298 Å². The van der Waals surface area contributed by atoms with Gasteiger partial charge in [0.2, 0.25) is 0 Å². The number of hydrogen-bond acceptors (Lipinski definition) is 7. The maximum absolute atomic E-state index is 15.0. The van der Waals surface area contributed by atoms with Gasteiger partial charge in [0, 0.05) is 0 Å². The standard InChI is InChI=1S/C31H27F12O7.Zr/c1-5-18(48-9-15-25(38)19(32)12(6-45-2)20(33)26(15)39)31(44,49-10-16-27(40)21(34)13(7-46-3)22(35)28(16)41)50-11-17-29(42)23(36)14(8-47-4)24(37)30(17)43;/h18H,5-11H2,1-4H3;/q-1;+1. The third-order valence-corrected chi connectivity index (χ3v) is 8.07. The van der Waals surface area contributed by atoms with Crippen molar-refractivity contribution in [2.75, 3.05) is 21.3 Å². The molecule has 3 rings (SSSR count). The second-order valence-electron chi connectivity index (χ2n) is 10.4. The molecule has 0 bridgehead atoms. The van der Waals surface area contributed by atoms with Crippen LogP contribution in [0.1, 0.15) is 46.7 Å². The minimum atomic E-state index is -3.04. The molecule has 1 unspecified atom stereocenters. The Kier molecular flexibility index (Phi) is 15.5. The van der Waals surface area contributed by atoms with Crippen LogP contribution in [-0.2, 0) is 96.0 Å². The minimum absolute atomic E-state index is 0.110. The van der Waals surface area contributed by atoms with Crippen molar-refractivity contribution in [2.24, 2.45) is 0 Å². The molecule has 3 aromatic rings. The molecule has 0 amide bonds. The molecule has 0 saturated carbocycles. The van der Waals surface area contributed by atoms with E-state index in [0.717, 1.165) is 21.3 Å². The number of ether oxygens (including phenoxy) is 6. The first-order valence-corrected chi connectivity index (χ1v) is 15.3. The SMILES string of the molecule is CCC(OCc1c(F)c(F)c(COC)c(F)c1F)C([O][Zr])(OCc1c(F)c(F)c(COC)c(F)c1F)OCc1c(F)c(F)c(COC)c(F)c1F. The zero-order valence-electron chi connectivity index (χ0n) is 26.9. The quantitative estimate of drug-likeness (QED) is 0.0742. The van der Waals surface area contributed by atoms with Crippen molar-refractivity contribution in [1.82, 2.24) is 0 Å². The second-order valence-corrected chi connectivity index (χ2v) is 10.9. The first kappa shape index (κ1) is 42.8. The molecule has 0 aliphatic heterocycles. The van der Waals surface area contributed by atoms with Gasteiger partial charge >= 0.3 is 299 Å². The van der Waals surface area contributed by atoms with Crippen molar-refractivity contribution in [2.45, 2.75) is 65.1 Å². The van der Waals surface area contributed by atoms with Gasteiger partial charge in [-0.2, -0.15) is 0 Å². The van der Waals surface area contributed by atoms with Gasteiger partial charge in [0.25, 0.3) is 0 Å². The molecule has 0 fully saturated rings. The molecule has 0 radical (unpaired) electrons. The third kappa shape index (κ3) is 8.64. The van der Waals surface area contributed by atoms with Crippen molar-refractivity contribution >= 4 is 0 Å². The fraction of sp³-hybridized carbons (Fsp3) is 0.419. The van der Waals surface area contributed by atoms with Gasteiger partial charge in [-0.1, -0.05) is 0 Å². The van der Waals surface area contributed by atoms with Gasteiger partial charge in [0.15, 0.2) is 0 Å². The summed E-state index contributed by atoms with van der Waals surface area (Å²) in [5.74, 6) is -26.2. The topological polar surface area (TPSA) is 64.6 Å². The fourth-order valence-electron chi connectivity index (χ4n) is 4.71. The molecule has 0 N–H and O–H groups in total. The van der Waals surface area contributed by atoms with E-state index in [1.165, 1.54) is 6.92 Å². The summed E-state index contributed by atoms with van der Waals surface area (Å²) in [6.07, 6.45) is -2.44. The number of benzene rings is 3. The fourth-order valence-corrected chi connectivity index (χ4v) is 5.33. The van der Waals surface area contributed by atoms with Crippen LogP contribution in [0.15, 0.2) is 0 Å². The molecular weight excluding hydrogens is 804 g/mol. The monoisotopic (exact) mass is 829 g/mol. The summed E-state index contributed by atoms with van der Waals surface area (Å²) >= 11 is -0.110. The molecule has 0 saturated heterocycles. The Morgan fingerprint density at radius 1 is 0.431 bits per heavy atom. The van der Waals surface area contributed by atoms with E-state index >= 15 is 0 Å². The van der Waals surface area contributed by atoms with Crippen LogP contribution in [0.5, 0.6) is 0 Å². The average molecular weight is 831 g/mol. The molecule has 0 heterocycles. The van der Waals surface area contributed by atoms with Gasteiger partial charge in [-0.05, 0) is 0 Å². The van der Waals surface area contributed by atoms with Gasteiger partial charge in [0.05, 0.1) is 0 Å². The zero-order chi connectivity index (χ0) is 38.4. The average Bonchev–Trinajstić information content (AvgIpc) is 3.12. The first-order valence-electron chi connectivity index (χ1n) is 14.3. The summed E-state index contributed by atoms with van der Waals surface area (Å²) in [6.45, 7) is -5.85. The number of halogens is 12. The van der Waals surface area contributed by atoms with E-state index in [1.807, 2.05) is 0 Å². The van der Waals surface area contributed by atoms with Gasteiger partial charge < -0.3 is 0 Å². The third-order valence-electron chi connectivity index (χ3n) is 7.37. The van der Waals surface area contributed by atoms with Gasteiger partial charge in [-0.3, -0.25) is 0 Å². The van der Waals surface area contributed by atoms with Gasteiger partial charge in [0.1, 0.15) is 0 Å². The summed E-state index contributed by atoms with van der Waals surface area (Å²) in [6, 6.07) is 0. The van der Waals surface area contributed by atoms with E-state index in [1.54, 1.807) is 0 Å². The first-order chi connectivity index (χ1) is 24.1. The van der Waals surface area contributed by atoms with E-state index < -0.39 is 161 Å². The number of rotatable bonds is 18. The predicted octanol–water partition coefficient (Wildman–Crippen LogP) is 7.66. The molecular formula is C31H27F12O7Zr. The Morgan fingerprint density at radius 3 is 0.882 bits per heavy atom. The molecule has 0 spiro atoms. The number of methoxy groups -OCH3 is 3. The molecule has 281 valence electrons. The Bertz CT molecular complexity index is 1570. The molecule has 0 aromatic heterocycles. The Hall–Kier alpha value is -2.58. The van der Waals surface area contributed by atoms with Crippen molar-refractivity contribution in [3.63, 3.8) is 0 Å². The number of hydrogen-bond donors (Lipinski definition) is 0. The van der Waals surface area contributed by atoms with Crippen LogP contribution >= 0.6 is 0 Å². The van der Waals surface area contributed by atoms with Gasteiger partial charge in [-0.25, -0.2) is 0 Å². The van der Waals surface area contributed by atoms with Crippen LogP contribution in [0.2, 0.25) is 0 Å². The predicted molar refractivity (Wildman–Crippen MR) is 143 cm³/mol. The Morgan fingerprint density at radius 2 is 0.667 bits per heavy atom. The summed E-state index contributed by atoms with van der Waals surface area (Å²) in [5, 5.41) is 0. The van der Waals surface area contributed by atoms with Crippen LogP contribution < -0.4 is 0 Å². The molecule has 0 aliphatic rings. The van der Waals surface area contributed by atoms with Gasteiger partial charge in [-0.15, -0.1) is 0 Å². The van der Waals surface area contributed by atoms with E-state index in [-0.39, 0.29) is 25.2 Å². The molecule has 51 heavy (non-hydrogen) atoms. The van der Waals surface area contributed by atoms with E-state index in [4.69, 9.17) is 17.0 Å². The van der Waals surface area contributed by atoms with Crippen molar-refractivity contribution in [3.8, 4) is 0 Å². The van der Waals surface area contributed by atoms with E-state index in [2.05, 4.69) is 14.2 Å². The summed E-state index contributed by atoms with van der Waals surface area (Å²) in [7, 11) is 2.95. The van der Waals surface area contributed by atoms with Crippen molar-refractivity contribution in [1.29, 1.82) is 0 Å². The van der Waals surface area contributed by atoms with Crippen LogP contribution in [0.3, 0.4) is 0 Å². The summed E-state index contributed by atoms with van der Waals surface area (Å²) < 4.78 is 212. The normalized spacial score (nSPS) is 12.6. The Balaban J connectivity index is 2.12. The van der Waals surface area contributed by atoms with E-state index in [0.29, 0.717) is 0 Å². The molecule has 0 aliphatic carbocycles. The van der Waals surface area contributed by atoms with Crippen LogP contribution in [0, 0.1) is 69.8 Å². The summed E-state index contributed by atoms with van der Waals surface area (Å²) in [5.41, 5.74) is -7.60. The van der Waals surface area contributed by atoms with Crippen LogP contribution in [-0.4, -0.2) is 33.4 Å². The summed E-state index contributed by atoms with van der Waals surface area (Å²) in [4.78, 5) is 0. The van der Waals surface area contributed by atoms with Crippen LogP contribution in [0.4, 0.5) is 52.7 Å². The van der Waals surface area contributed by atoms with Crippen molar-refractivity contribution in [3.05, 3.63) is 103 Å². The van der Waals surface area contributed by atoms with Crippen LogP contribution in [0.25, 0.3) is 0 Å². The van der Waals surface area contributed by atoms with E-state index in [9.17, 15) is 52.7 Å². The molecule has 7 nitrogen and oxygen atoms in total. The molecule has 1 atom stereocenters. The second kappa shape index (κ2) is 18.5.